The van der Waals surface area contributed by atoms with E-state index in [0.717, 1.165) is 16.7 Å². The molecule has 1 aliphatic rings. The lowest BCUT2D eigenvalue weighted by atomic mass is 10.0. The Labute approximate surface area is 263 Å². The second-order valence-electron chi connectivity index (χ2n) is 11.7. The number of benzene rings is 3. The van der Waals surface area contributed by atoms with Crippen molar-refractivity contribution >= 4 is 17.4 Å². The summed E-state index contributed by atoms with van der Waals surface area (Å²) in [6.45, 7) is 6.89. The summed E-state index contributed by atoms with van der Waals surface area (Å²) in [6, 6.07) is 29.3. The fourth-order valence-electron chi connectivity index (χ4n) is 5.06. The van der Waals surface area contributed by atoms with Crippen LogP contribution in [0.1, 0.15) is 48.5 Å². The van der Waals surface area contributed by atoms with Crippen LogP contribution in [-0.2, 0) is 43.5 Å². The van der Waals surface area contributed by atoms with Crippen LogP contribution in [-0.4, -0.2) is 47.7 Å². The fourth-order valence-corrected chi connectivity index (χ4v) is 5.78. The van der Waals surface area contributed by atoms with E-state index in [1.54, 1.807) is 6.20 Å². The Morgan fingerprint density at radius 3 is 1.91 bits per heavy atom. The first kappa shape index (κ1) is 31.8. The highest BCUT2D eigenvalue weighted by molar-refractivity contribution is 7.09. The van der Waals surface area contributed by atoms with Crippen LogP contribution in [0.3, 0.4) is 0 Å². The van der Waals surface area contributed by atoms with E-state index in [4.69, 9.17) is 23.7 Å². The largest absolute Gasteiger partial charge is 0.444 e. The number of carbonyl (C=O) groups excluding carboxylic acids is 1. The van der Waals surface area contributed by atoms with E-state index >= 15 is 0 Å². The third-order valence-corrected chi connectivity index (χ3v) is 7.89. The molecule has 1 aliphatic heterocycles. The minimum atomic E-state index is -0.674. The van der Waals surface area contributed by atoms with Gasteiger partial charge >= 0.3 is 6.09 Å². The lowest BCUT2D eigenvalue weighted by molar-refractivity contribution is -0.0900. The lowest BCUT2D eigenvalue weighted by Gasteiger charge is -2.30. The number of hydrogen-bond acceptors (Lipinski definition) is 8. The van der Waals surface area contributed by atoms with E-state index in [9.17, 15) is 4.79 Å². The topological polar surface area (TPSA) is 88.1 Å². The third kappa shape index (κ3) is 9.20. The van der Waals surface area contributed by atoms with Crippen LogP contribution in [0, 0.1) is 0 Å². The predicted octanol–water partition coefficient (Wildman–Crippen LogP) is 6.86. The van der Waals surface area contributed by atoms with Crippen LogP contribution in [0.4, 0.5) is 4.79 Å². The highest BCUT2D eigenvalue weighted by Crippen LogP contribution is 2.37. The molecule has 9 heteroatoms. The molecule has 1 N–H and O–H groups in total. The van der Waals surface area contributed by atoms with Crippen LogP contribution in [0.25, 0.3) is 0 Å². The molecule has 3 aromatic carbocycles. The summed E-state index contributed by atoms with van der Waals surface area (Å²) in [5, 5.41) is 5.58. The van der Waals surface area contributed by atoms with E-state index in [0.29, 0.717) is 24.8 Å². The Balaban J connectivity index is 1.43. The maximum absolute atomic E-state index is 13.1. The molecule has 5 atom stereocenters. The number of nitrogens with zero attached hydrogens (tertiary/aromatic N) is 1. The lowest BCUT2D eigenvalue weighted by Crippen LogP contribution is -2.46. The summed E-state index contributed by atoms with van der Waals surface area (Å²) in [7, 11) is 0. The van der Waals surface area contributed by atoms with Crippen LogP contribution in [0.5, 0.6) is 0 Å². The summed E-state index contributed by atoms with van der Waals surface area (Å²) in [4.78, 5) is 17.7. The van der Waals surface area contributed by atoms with Crippen molar-refractivity contribution < 1.29 is 28.5 Å². The highest BCUT2D eigenvalue weighted by Gasteiger charge is 2.51. The predicted molar refractivity (Wildman–Crippen MR) is 169 cm³/mol. The first-order chi connectivity index (χ1) is 21.4. The molecule has 0 bridgehead atoms. The zero-order valence-electron chi connectivity index (χ0n) is 25.3. The van der Waals surface area contributed by atoms with Crippen molar-refractivity contribution in [2.45, 2.75) is 76.7 Å². The number of thiazole rings is 1. The van der Waals surface area contributed by atoms with Gasteiger partial charge in [0, 0.05) is 11.6 Å². The molecule has 5 rings (SSSR count). The molecule has 4 aromatic rings. The molecule has 0 aliphatic carbocycles. The Morgan fingerprint density at radius 1 is 0.841 bits per heavy atom. The van der Waals surface area contributed by atoms with Gasteiger partial charge in [0.15, 0.2) is 0 Å². The van der Waals surface area contributed by atoms with E-state index in [1.807, 2.05) is 117 Å². The molecule has 0 radical (unpaired) electrons. The Kier molecular flexibility index (Phi) is 11.1. The number of aromatic nitrogens is 1. The van der Waals surface area contributed by atoms with Gasteiger partial charge in [-0.25, -0.2) is 9.78 Å². The monoisotopic (exact) mass is 616 g/mol. The van der Waals surface area contributed by atoms with Gasteiger partial charge in [0.25, 0.3) is 0 Å². The second kappa shape index (κ2) is 15.4. The smallest absolute Gasteiger partial charge is 0.408 e. The van der Waals surface area contributed by atoms with Gasteiger partial charge in [-0.15, -0.1) is 11.3 Å². The molecule has 1 saturated heterocycles. The first-order valence-electron chi connectivity index (χ1n) is 14.8. The molecule has 44 heavy (non-hydrogen) atoms. The molecule has 1 aromatic heterocycles. The minimum Gasteiger partial charge on any atom is -0.444 e. The van der Waals surface area contributed by atoms with Crippen molar-refractivity contribution in [2.75, 3.05) is 6.61 Å². The Hall–Kier alpha value is -3.60. The molecule has 232 valence electrons. The second-order valence-corrected chi connectivity index (χ2v) is 12.6. The molecule has 8 nitrogen and oxygen atoms in total. The molecule has 0 saturated carbocycles. The standard InChI is InChI=1S/C35H40N2O6S/c1-35(2,3)43-34(38)37-29(33-36-19-20-44-33)31-32(41-23-27-17-11-6-12-18-27)30(40-22-26-15-9-5-10-16-26)28(42-31)24-39-21-25-13-7-4-8-14-25/h4-20,28-32H,21-24H2,1-3H3,(H,37,38)/t28-,29-,30+,31-,32-/m0/s1. The van der Waals surface area contributed by atoms with Crippen LogP contribution in [0.2, 0.25) is 0 Å². The van der Waals surface area contributed by atoms with Gasteiger partial charge in [-0.3, -0.25) is 0 Å². The van der Waals surface area contributed by atoms with Gasteiger partial charge < -0.3 is 29.0 Å². The zero-order valence-corrected chi connectivity index (χ0v) is 26.2. The van der Waals surface area contributed by atoms with E-state index in [1.165, 1.54) is 11.3 Å². The molecule has 1 fully saturated rings. The number of ether oxygens (including phenoxy) is 5. The summed E-state index contributed by atoms with van der Waals surface area (Å²) >= 11 is 1.43. The first-order valence-corrected chi connectivity index (χ1v) is 15.7. The van der Waals surface area contributed by atoms with Gasteiger partial charge in [-0.2, -0.15) is 0 Å². The maximum atomic E-state index is 13.1. The van der Waals surface area contributed by atoms with Gasteiger partial charge in [-0.05, 0) is 37.5 Å². The van der Waals surface area contributed by atoms with Crippen molar-refractivity contribution in [3.63, 3.8) is 0 Å². The Morgan fingerprint density at radius 2 is 1.39 bits per heavy atom. The van der Waals surface area contributed by atoms with Crippen LogP contribution < -0.4 is 5.32 Å². The molecule has 0 spiro atoms. The Bertz CT molecular complexity index is 1400. The van der Waals surface area contributed by atoms with Gasteiger partial charge in [0.05, 0.1) is 26.4 Å². The number of rotatable bonds is 13. The quantitative estimate of drug-likeness (QED) is 0.176. The molecular weight excluding hydrogens is 576 g/mol. The zero-order chi connectivity index (χ0) is 30.8. The summed E-state index contributed by atoms with van der Waals surface area (Å²) in [6.07, 6.45) is -1.02. The van der Waals surface area contributed by atoms with Crippen molar-refractivity contribution in [2.24, 2.45) is 0 Å². The van der Waals surface area contributed by atoms with Crippen LogP contribution in [0.15, 0.2) is 103 Å². The van der Waals surface area contributed by atoms with E-state index in [-0.39, 0.29) is 6.61 Å². The maximum Gasteiger partial charge on any atom is 0.408 e. The average molecular weight is 617 g/mol. The number of alkyl carbamates (subject to hydrolysis) is 1. The number of amides is 1. The highest BCUT2D eigenvalue weighted by atomic mass is 32.1. The summed E-state index contributed by atoms with van der Waals surface area (Å²) in [5.74, 6) is 0. The fraction of sp³-hybridized carbons (Fsp3) is 0.371. The molecular formula is C35H40N2O6S. The van der Waals surface area contributed by atoms with Crippen molar-refractivity contribution in [1.82, 2.24) is 10.3 Å². The van der Waals surface area contributed by atoms with Gasteiger partial charge in [0.1, 0.15) is 41.1 Å². The van der Waals surface area contributed by atoms with Crippen molar-refractivity contribution in [3.8, 4) is 0 Å². The summed E-state index contributed by atoms with van der Waals surface area (Å²) < 4.78 is 31.8. The van der Waals surface area contributed by atoms with E-state index in [2.05, 4.69) is 10.3 Å². The normalized spacial score (nSPS) is 20.7. The SMILES string of the molecule is CC(C)(C)OC(=O)N[C@H](c1nccs1)[C@@H]1O[C@@H](COCc2ccccc2)[C@@H](OCc2ccccc2)[C@@H]1OCc1ccccc1. The average Bonchev–Trinajstić information content (AvgIpc) is 3.67. The molecule has 1 amide bonds. The van der Waals surface area contributed by atoms with E-state index < -0.39 is 42.2 Å². The van der Waals surface area contributed by atoms with Gasteiger partial charge in [-0.1, -0.05) is 91.0 Å². The van der Waals surface area contributed by atoms with Crippen LogP contribution >= 0.6 is 11.3 Å². The number of carbonyl (C=O) groups is 1. The molecule has 0 unspecified atom stereocenters. The summed E-state index contributed by atoms with van der Waals surface area (Å²) in [5.41, 5.74) is 2.44. The van der Waals surface area contributed by atoms with Crippen molar-refractivity contribution in [1.29, 1.82) is 0 Å². The van der Waals surface area contributed by atoms with Gasteiger partial charge in [0.2, 0.25) is 0 Å². The minimum absolute atomic E-state index is 0.271. The number of nitrogens with one attached hydrogen (secondary N) is 1. The molecule has 2 heterocycles. The number of hydrogen-bond donors (Lipinski definition) is 1. The van der Waals surface area contributed by atoms with Crippen molar-refractivity contribution in [3.05, 3.63) is 124 Å². The third-order valence-electron chi connectivity index (χ3n) is 7.03.